The van der Waals surface area contributed by atoms with Gasteiger partial charge in [0.25, 0.3) is 0 Å². The molecule has 1 rings (SSSR count). The Morgan fingerprint density at radius 3 is 3.00 bits per heavy atom. The van der Waals surface area contributed by atoms with Crippen LogP contribution in [0.2, 0.25) is 0 Å². The molecule has 1 fully saturated rings. The molecule has 0 aromatic carbocycles. The molecule has 0 aromatic rings. The number of carbonyl (C=O) groups is 1. The van der Waals surface area contributed by atoms with Crippen LogP contribution in [0.4, 0.5) is 0 Å². The topological polar surface area (TPSA) is 55.6 Å². The fourth-order valence-electron chi connectivity index (χ4n) is 1.92. The molecule has 4 heteroatoms. The summed E-state index contributed by atoms with van der Waals surface area (Å²) in [6, 6.07) is -0.378. The number of hydrogen-bond donors (Lipinski definition) is 1. The molecule has 0 spiro atoms. The van der Waals surface area contributed by atoms with Gasteiger partial charge in [0.15, 0.2) is 0 Å². The van der Waals surface area contributed by atoms with Gasteiger partial charge in [0.1, 0.15) is 0 Å². The molecule has 82 valence electrons. The number of amides is 1. The van der Waals surface area contributed by atoms with Crippen molar-refractivity contribution in [3.8, 4) is 0 Å². The molecule has 2 N–H and O–H groups in total. The van der Waals surface area contributed by atoms with Crippen molar-refractivity contribution in [2.75, 3.05) is 26.8 Å². The lowest BCUT2D eigenvalue weighted by molar-refractivity contribution is -0.134. The minimum absolute atomic E-state index is 0.0609. The normalized spacial score (nSPS) is 24.8. The molecule has 0 unspecified atom stereocenters. The van der Waals surface area contributed by atoms with Crippen LogP contribution in [0.15, 0.2) is 0 Å². The van der Waals surface area contributed by atoms with Gasteiger partial charge >= 0.3 is 0 Å². The van der Waals surface area contributed by atoms with Crippen LogP contribution in [-0.4, -0.2) is 43.7 Å². The van der Waals surface area contributed by atoms with E-state index in [2.05, 4.69) is 0 Å². The number of piperidine rings is 1. The zero-order valence-corrected chi connectivity index (χ0v) is 9.03. The van der Waals surface area contributed by atoms with Gasteiger partial charge in [0, 0.05) is 20.2 Å². The maximum atomic E-state index is 11.6. The van der Waals surface area contributed by atoms with Gasteiger partial charge in [-0.05, 0) is 25.7 Å². The minimum Gasteiger partial charge on any atom is -0.384 e. The average molecular weight is 200 g/mol. The monoisotopic (exact) mass is 200 g/mol. The van der Waals surface area contributed by atoms with Crippen LogP contribution in [0.5, 0.6) is 0 Å². The summed E-state index contributed by atoms with van der Waals surface area (Å²) in [6.45, 7) is 4.12. The van der Waals surface area contributed by atoms with Gasteiger partial charge in [-0.3, -0.25) is 4.79 Å². The number of rotatable bonds is 3. The van der Waals surface area contributed by atoms with Gasteiger partial charge in [-0.25, -0.2) is 0 Å². The molecule has 0 aromatic heterocycles. The summed E-state index contributed by atoms with van der Waals surface area (Å²) in [5, 5.41) is 0. The zero-order valence-electron chi connectivity index (χ0n) is 9.03. The molecule has 4 nitrogen and oxygen atoms in total. The Labute approximate surface area is 85.4 Å². The summed E-state index contributed by atoms with van der Waals surface area (Å²) in [7, 11) is 1.70. The molecule has 1 aliphatic rings. The summed E-state index contributed by atoms with van der Waals surface area (Å²) in [5.41, 5.74) is 5.56. The van der Waals surface area contributed by atoms with E-state index >= 15 is 0 Å². The molecule has 0 saturated carbocycles. The third-order valence-electron chi connectivity index (χ3n) is 2.62. The molecule has 1 amide bonds. The molecule has 1 aliphatic heterocycles. The highest BCUT2D eigenvalue weighted by Gasteiger charge is 2.24. The van der Waals surface area contributed by atoms with Gasteiger partial charge in [0.2, 0.25) is 5.91 Å². The van der Waals surface area contributed by atoms with Crippen LogP contribution in [0.1, 0.15) is 19.8 Å². The zero-order chi connectivity index (χ0) is 10.6. The van der Waals surface area contributed by atoms with Crippen molar-refractivity contribution in [2.45, 2.75) is 25.8 Å². The van der Waals surface area contributed by atoms with Crippen molar-refractivity contribution in [3.63, 3.8) is 0 Å². The highest BCUT2D eigenvalue weighted by Crippen LogP contribution is 2.16. The van der Waals surface area contributed by atoms with Gasteiger partial charge in [-0.15, -0.1) is 0 Å². The SMILES string of the molecule is COC[C@H]1CCCN(C(=O)[C@@H](C)N)C1. The van der Waals surface area contributed by atoms with E-state index in [0.29, 0.717) is 5.92 Å². The van der Waals surface area contributed by atoms with E-state index in [4.69, 9.17) is 10.5 Å². The van der Waals surface area contributed by atoms with Crippen LogP contribution in [0.25, 0.3) is 0 Å². The van der Waals surface area contributed by atoms with Crippen molar-refractivity contribution in [1.29, 1.82) is 0 Å². The van der Waals surface area contributed by atoms with Crippen molar-refractivity contribution < 1.29 is 9.53 Å². The maximum absolute atomic E-state index is 11.6. The van der Waals surface area contributed by atoms with Gasteiger partial charge in [0.05, 0.1) is 12.6 Å². The Balaban J connectivity index is 2.43. The van der Waals surface area contributed by atoms with Crippen LogP contribution in [0, 0.1) is 5.92 Å². The first kappa shape index (κ1) is 11.5. The number of hydrogen-bond acceptors (Lipinski definition) is 3. The highest BCUT2D eigenvalue weighted by atomic mass is 16.5. The van der Waals surface area contributed by atoms with Crippen LogP contribution >= 0.6 is 0 Å². The second-order valence-electron chi connectivity index (χ2n) is 4.04. The minimum atomic E-state index is -0.378. The summed E-state index contributed by atoms with van der Waals surface area (Å²) >= 11 is 0. The number of methoxy groups -OCH3 is 1. The van der Waals surface area contributed by atoms with Crippen molar-refractivity contribution in [2.24, 2.45) is 11.7 Å². The molecule has 0 aliphatic carbocycles. The molecular formula is C10H20N2O2. The van der Waals surface area contributed by atoms with Crippen molar-refractivity contribution in [3.05, 3.63) is 0 Å². The maximum Gasteiger partial charge on any atom is 0.239 e. The molecule has 2 atom stereocenters. The Bertz CT molecular complexity index is 193. The average Bonchev–Trinajstić information content (AvgIpc) is 2.17. The smallest absolute Gasteiger partial charge is 0.239 e. The molecule has 1 saturated heterocycles. The standard InChI is InChI=1S/C10H20N2O2/c1-8(11)10(13)12-5-3-4-9(6-12)7-14-2/h8-9H,3-7,11H2,1-2H3/t8-,9+/m1/s1. The second-order valence-corrected chi connectivity index (χ2v) is 4.04. The lowest BCUT2D eigenvalue weighted by atomic mass is 9.98. The Morgan fingerprint density at radius 2 is 2.43 bits per heavy atom. The molecule has 0 radical (unpaired) electrons. The summed E-state index contributed by atoms with van der Waals surface area (Å²) < 4.78 is 5.10. The van der Waals surface area contributed by atoms with E-state index < -0.39 is 0 Å². The Kier molecular flexibility index (Phi) is 4.35. The fourth-order valence-corrected chi connectivity index (χ4v) is 1.92. The number of nitrogens with zero attached hydrogens (tertiary/aromatic N) is 1. The predicted octanol–water partition coefficient (Wildman–Crippen LogP) is 0.219. The summed E-state index contributed by atoms with van der Waals surface area (Å²) in [4.78, 5) is 13.5. The quantitative estimate of drug-likeness (QED) is 0.709. The first-order chi connectivity index (χ1) is 6.65. The van der Waals surface area contributed by atoms with E-state index in [1.165, 1.54) is 0 Å². The Morgan fingerprint density at radius 1 is 1.71 bits per heavy atom. The number of carbonyl (C=O) groups excluding carboxylic acids is 1. The first-order valence-corrected chi connectivity index (χ1v) is 5.18. The largest absolute Gasteiger partial charge is 0.384 e. The molecule has 1 heterocycles. The highest BCUT2D eigenvalue weighted by molar-refractivity contribution is 5.81. The van der Waals surface area contributed by atoms with E-state index in [-0.39, 0.29) is 11.9 Å². The van der Waals surface area contributed by atoms with E-state index in [9.17, 15) is 4.79 Å². The van der Waals surface area contributed by atoms with Crippen LogP contribution < -0.4 is 5.73 Å². The van der Waals surface area contributed by atoms with E-state index in [0.717, 1.165) is 32.5 Å². The lowest BCUT2D eigenvalue weighted by Gasteiger charge is -2.33. The van der Waals surface area contributed by atoms with E-state index in [1.54, 1.807) is 14.0 Å². The molecule has 14 heavy (non-hydrogen) atoms. The van der Waals surface area contributed by atoms with Crippen LogP contribution in [-0.2, 0) is 9.53 Å². The molecule has 0 bridgehead atoms. The van der Waals surface area contributed by atoms with Crippen molar-refractivity contribution >= 4 is 5.91 Å². The van der Waals surface area contributed by atoms with Gasteiger partial charge in [-0.2, -0.15) is 0 Å². The number of ether oxygens (including phenoxy) is 1. The predicted molar refractivity (Wildman–Crippen MR) is 54.8 cm³/mol. The summed E-state index contributed by atoms with van der Waals surface area (Å²) in [5.74, 6) is 0.544. The van der Waals surface area contributed by atoms with Gasteiger partial charge in [-0.1, -0.05) is 0 Å². The lowest BCUT2D eigenvalue weighted by Crippen LogP contribution is -2.47. The first-order valence-electron chi connectivity index (χ1n) is 5.18. The van der Waals surface area contributed by atoms with E-state index in [1.807, 2.05) is 4.90 Å². The van der Waals surface area contributed by atoms with Crippen LogP contribution in [0.3, 0.4) is 0 Å². The molecular weight excluding hydrogens is 180 g/mol. The third-order valence-corrected chi connectivity index (χ3v) is 2.62. The second kappa shape index (κ2) is 5.32. The van der Waals surface area contributed by atoms with Gasteiger partial charge < -0.3 is 15.4 Å². The summed E-state index contributed by atoms with van der Waals surface area (Å²) in [6.07, 6.45) is 2.21. The number of nitrogens with two attached hydrogens (primary N) is 1. The number of likely N-dealkylation sites (tertiary alicyclic amines) is 1. The third kappa shape index (κ3) is 2.96. The van der Waals surface area contributed by atoms with Crippen molar-refractivity contribution in [1.82, 2.24) is 4.90 Å². The fraction of sp³-hybridized carbons (Fsp3) is 0.900. The Hall–Kier alpha value is -0.610.